The summed E-state index contributed by atoms with van der Waals surface area (Å²) < 4.78 is 7.39. The number of ether oxygens (including phenoxy) is 1. The average Bonchev–Trinajstić information content (AvgIpc) is 3.48. The number of hydrogen-bond acceptors (Lipinski definition) is 5. The number of nitrogens with zero attached hydrogens (tertiary/aromatic N) is 4. The molecular weight excluding hydrogens is 408 g/mol. The van der Waals surface area contributed by atoms with Crippen molar-refractivity contribution in [3.8, 4) is 0 Å². The minimum atomic E-state index is -0.00417. The summed E-state index contributed by atoms with van der Waals surface area (Å²) in [5.74, 6) is 2.40. The molecule has 5 nitrogen and oxygen atoms in total. The molecule has 0 N–H and O–H groups in total. The van der Waals surface area contributed by atoms with Gasteiger partial charge in [-0.25, -0.2) is 9.97 Å². The topological polar surface area (TPSA) is 41.5 Å². The van der Waals surface area contributed by atoms with Crippen LogP contribution in [0.15, 0.2) is 30.3 Å². The Balaban J connectivity index is 1.27. The lowest BCUT2D eigenvalue weighted by atomic mass is 9.46. The highest BCUT2D eigenvalue weighted by Crippen LogP contribution is 2.69. The van der Waals surface area contributed by atoms with Crippen molar-refractivity contribution >= 4 is 5.95 Å². The normalized spacial score (nSPS) is 40.6. The monoisotopic (exact) mass is 442 g/mol. The molecule has 5 heteroatoms. The van der Waals surface area contributed by atoms with Gasteiger partial charge in [-0.05, 0) is 82.0 Å². The number of benzene rings is 1. The van der Waals surface area contributed by atoms with Crippen LogP contribution in [0, 0.1) is 25.7 Å². The van der Waals surface area contributed by atoms with Crippen LogP contribution in [0.3, 0.4) is 0 Å². The van der Waals surface area contributed by atoms with Crippen molar-refractivity contribution in [1.82, 2.24) is 14.9 Å². The predicted octanol–water partition coefficient (Wildman–Crippen LogP) is 3.81. The Labute approximate surface area is 196 Å². The Morgan fingerprint density at radius 3 is 2.70 bits per heavy atom. The van der Waals surface area contributed by atoms with Gasteiger partial charge in [-0.3, -0.25) is 4.90 Å². The molecule has 0 radical (unpaired) electrons. The number of rotatable bonds is 3. The Morgan fingerprint density at radius 1 is 1.06 bits per heavy atom. The lowest BCUT2D eigenvalue weighted by molar-refractivity contribution is -0.162. The van der Waals surface area contributed by atoms with E-state index in [1.165, 1.54) is 51.6 Å². The van der Waals surface area contributed by atoms with Crippen LogP contribution in [0.2, 0.25) is 0 Å². The molecule has 0 amide bonds. The first kappa shape index (κ1) is 19.3. The third-order valence-corrected chi connectivity index (χ3v) is 10.2. The molecule has 3 aliphatic carbocycles. The van der Waals surface area contributed by atoms with E-state index in [2.05, 4.69) is 54.0 Å². The average molecular weight is 443 g/mol. The van der Waals surface area contributed by atoms with E-state index in [1.807, 2.05) is 0 Å². The summed E-state index contributed by atoms with van der Waals surface area (Å²) in [6, 6.07) is 12.5. The molecule has 5 fully saturated rings. The number of piperidine rings is 1. The number of anilines is 1. The first-order valence-corrected chi connectivity index (χ1v) is 13.2. The fourth-order valence-corrected chi connectivity index (χ4v) is 9.06. The van der Waals surface area contributed by atoms with Crippen LogP contribution in [0.25, 0.3) is 0 Å². The van der Waals surface area contributed by atoms with Gasteiger partial charge in [0.25, 0.3) is 0 Å². The van der Waals surface area contributed by atoms with E-state index < -0.39 is 0 Å². The third-order valence-electron chi connectivity index (χ3n) is 10.2. The molecule has 2 unspecified atom stereocenters. The zero-order chi connectivity index (χ0) is 21.9. The Morgan fingerprint density at radius 2 is 1.88 bits per heavy atom. The van der Waals surface area contributed by atoms with E-state index in [0.717, 1.165) is 29.8 Å². The number of aryl methyl sites for hydroxylation is 2. The Bertz CT molecular complexity index is 1130. The van der Waals surface area contributed by atoms with Crippen LogP contribution < -0.4 is 4.90 Å². The standard InChI is InChI=1S/C28H34N4O/c1-17-13-18(2)30-26(29-17)32-16-23-25-22(32)9-10-28(33-23)24-14-20-5-3-4-6-21(20)27(25,28)11-12-31(24)15-19-7-8-19/h3-6,13,19,22-25H,7-12,14-16H2,1-2H3/t22?,23-,24-,25?,27+,28-/m1/s1. The molecule has 8 rings (SSSR count). The number of aromatic nitrogens is 2. The molecule has 3 saturated heterocycles. The van der Waals surface area contributed by atoms with E-state index >= 15 is 0 Å². The summed E-state index contributed by atoms with van der Waals surface area (Å²) in [5, 5.41) is 0. The SMILES string of the molecule is Cc1cc(C)nc(N2C[C@H]3O[C@@]45CCC2C3[C@@]42CCN(CC3CC3)[C@@H]5Cc3ccccc32)n1. The van der Waals surface area contributed by atoms with Gasteiger partial charge in [-0.15, -0.1) is 0 Å². The second kappa shape index (κ2) is 6.37. The van der Waals surface area contributed by atoms with E-state index in [1.54, 1.807) is 11.1 Å². The molecule has 2 saturated carbocycles. The number of likely N-dealkylation sites (tertiary alicyclic amines) is 1. The summed E-state index contributed by atoms with van der Waals surface area (Å²) in [5.41, 5.74) is 5.48. The largest absolute Gasteiger partial charge is 0.367 e. The second-order valence-electron chi connectivity index (χ2n) is 11.8. The molecule has 4 bridgehead atoms. The summed E-state index contributed by atoms with van der Waals surface area (Å²) in [7, 11) is 0. The van der Waals surface area contributed by atoms with Gasteiger partial charge >= 0.3 is 0 Å². The summed E-state index contributed by atoms with van der Waals surface area (Å²) >= 11 is 0. The number of hydrogen-bond donors (Lipinski definition) is 0. The van der Waals surface area contributed by atoms with Gasteiger partial charge in [0, 0.05) is 47.9 Å². The van der Waals surface area contributed by atoms with Crippen LogP contribution in [0.4, 0.5) is 5.95 Å². The third kappa shape index (κ3) is 2.36. The molecule has 6 aliphatic rings. The molecule has 6 atom stereocenters. The van der Waals surface area contributed by atoms with Crippen LogP contribution >= 0.6 is 0 Å². The van der Waals surface area contributed by atoms with Gasteiger partial charge in [-0.1, -0.05) is 24.3 Å². The van der Waals surface area contributed by atoms with Gasteiger partial charge in [0.1, 0.15) is 0 Å². The highest BCUT2D eigenvalue weighted by atomic mass is 16.5. The van der Waals surface area contributed by atoms with Gasteiger partial charge in [-0.2, -0.15) is 0 Å². The molecule has 172 valence electrons. The molecule has 0 spiro atoms. The maximum Gasteiger partial charge on any atom is 0.226 e. The molecular formula is C28H34N4O. The molecule has 3 aliphatic heterocycles. The van der Waals surface area contributed by atoms with E-state index in [9.17, 15) is 0 Å². The molecule has 2 aromatic rings. The molecule has 33 heavy (non-hydrogen) atoms. The van der Waals surface area contributed by atoms with Crippen molar-refractivity contribution in [2.75, 3.05) is 24.5 Å². The Hall–Kier alpha value is -1.98. The summed E-state index contributed by atoms with van der Waals surface area (Å²) in [6.45, 7) is 7.65. The van der Waals surface area contributed by atoms with E-state index in [0.29, 0.717) is 18.0 Å². The van der Waals surface area contributed by atoms with Crippen molar-refractivity contribution in [3.05, 3.63) is 52.8 Å². The quantitative estimate of drug-likeness (QED) is 0.723. The van der Waals surface area contributed by atoms with Gasteiger partial charge < -0.3 is 9.64 Å². The van der Waals surface area contributed by atoms with Crippen LogP contribution in [-0.4, -0.2) is 58.3 Å². The fraction of sp³-hybridized carbons (Fsp3) is 0.643. The summed E-state index contributed by atoms with van der Waals surface area (Å²) in [6.07, 6.45) is 7.93. The van der Waals surface area contributed by atoms with Crippen molar-refractivity contribution in [3.63, 3.8) is 0 Å². The second-order valence-corrected chi connectivity index (χ2v) is 11.8. The van der Waals surface area contributed by atoms with E-state index in [-0.39, 0.29) is 17.1 Å². The van der Waals surface area contributed by atoms with Crippen LogP contribution in [0.1, 0.15) is 54.6 Å². The van der Waals surface area contributed by atoms with Gasteiger partial charge in [0.2, 0.25) is 5.95 Å². The molecule has 1 aromatic carbocycles. The van der Waals surface area contributed by atoms with Crippen molar-refractivity contribution < 1.29 is 4.74 Å². The lowest BCUT2D eigenvalue weighted by Gasteiger charge is -2.64. The maximum atomic E-state index is 7.39. The van der Waals surface area contributed by atoms with Crippen LogP contribution in [-0.2, 0) is 16.6 Å². The lowest BCUT2D eigenvalue weighted by Crippen LogP contribution is -2.74. The summed E-state index contributed by atoms with van der Waals surface area (Å²) in [4.78, 5) is 15.2. The first-order valence-electron chi connectivity index (χ1n) is 13.2. The predicted molar refractivity (Wildman–Crippen MR) is 127 cm³/mol. The Kier molecular flexibility index (Phi) is 3.73. The smallest absolute Gasteiger partial charge is 0.226 e. The molecule has 1 aromatic heterocycles. The van der Waals surface area contributed by atoms with Crippen molar-refractivity contribution in [2.45, 2.75) is 81.6 Å². The highest BCUT2D eigenvalue weighted by molar-refractivity contribution is 5.52. The van der Waals surface area contributed by atoms with Crippen molar-refractivity contribution in [2.24, 2.45) is 11.8 Å². The minimum Gasteiger partial charge on any atom is -0.367 e. The zero-order valence-electron chi connectivity index (χ0n) is 19.8. The number of fused-ring (bicyclic) bond motifs is 1. The fourth-order valence-electron chi connectivity index (χ4n) is 9.06. The first-order chi connectivity index (χ1) is 16.1. The van der Waals surface area contributed by atoms with Gasteiger partial charge in [0.05, 0.1) is 11.7 Å². The van der Waals surface area contributed by atoms with Gasteiger partial charge in [0.15, 0.2) is 0 Å². The highest BCUT2D eigenvalue weighted by Gasteiger charge is 2.77. The van der Waals surface area contributed by atoms with E-state index in [4.69, 9.17) is 14.7 Å². The minimum absolute atomic E-state index is 0.00417. The van der Waals surface area contributed by atoms with Crippen molar-refractivity contribution in [1.29, 1.82) is 0 Å². The maximum absolute atomic E-state index is 7.39. The van der Waals surface area contributed by atoms with Crippen LogP contribution in [0.5, 0.6) is 0 Å². The zero-order valence-corrected chi connectivity index (χ0v) is 19.8. The molecule has 4 heterocycles.